The Hall–Kier alpha value is -1.32. The zero-order valence-corrected chi connectivity index (χ0v) is 19.6. The van der Waals surface area contributed by atoms with Crippen LogP contribution in [0.3, 0.4) is 0 Å². The molecule has 28 heavy (non-hydrogen) atoms. The smallest absolute Gasteiger partial charge is 0.191 e. The number of para-hydroxylation sites is 1. The Labute approximate surface area is 188 Å². The summed E-state index contributed by atoms with van der Waals surface area (Å²) in [4.78, 5) is 4.68. The van der Waals surface area contributed by atoms with Crippen LogP contribution >= 0.6 is 35.3 Å². The number of hydrogen-bond acceptors (Lipinski definition) is 4. The molecule has 1 aliphatic rings. The van der Waals surface area contributed by atoms with E-state index in [1.54, 1.807) is 11.3 Å². The molecule has 0 spiro atoms. The van der Waals surface area contributed by atoms with Crippen LogP contribution in [0.1, 0.15) is 37.8 Å². The van der Waals surface area contributed by atoms with E-state index in [4.69, 9.17) is 4.74 Å². The fourth-order valence-corrected chi connectivity index (χ4v) is 3.49. The van der Waals surface area contributed by atoms with E-state index in [0.29, 0.717) is 19.0 Å². The topological polar surface area (TPSA) is 65.9 Å². The molecule has 3 rings (SSSR count). The first-order chi connectivity index (χ1) is 13.1. The Morgan fingerprint density at radius 3 is 2.75 bits per heavy atom. The normalized spacial score (nSPS) is 16.0. The van der Waals surface area contributed by atoms with Gasteiger partial charge >= 0.3 is 0 Å². The maximum atomic E-state index is 10.7. The second kappa shape index (κ2) is 11.0. The second-order valence-corrected chi connectivity index (χ2v) is 7.98. The number of benzene rings is 1. The first-order valence-electron chi connectivity index (χ1n) is 9.56. The largest absolute Gasteiger partial charge is 0.493 e. The SMILES string of the molecule is CCNC(=NCc1ccccc1OCC1CC1)NCC(C)(O)c1ccsc1.I. The van der Waals surface area contributed by atoms with Gasteiger partial charge in [0.25, 0.3) is 0 Å². The molecule has 3 N–H and O–H groups in total. The highest BCUT2D eigenvalue weighted by atomic mass is 127. The van der Waals surface area contributed by atoms with Crippen molar-refractivity contribution in [2.45, 2.75) is 38.8 Å². The van der Waals surface area contributed by atoms with Crippen molar-refractivity contribution in [2.75, 3.05) is 19.7 Å². The van der Waals surface area contributed by atoms with Gasteiger partial charge < -0.3 is 20.5 Å². The molecule has 7 heteroatoms. The predicted molar refractivity (Wildman–Crippen MR) is 127 cm³/mol. The standard InChI is InChI=1S/C21H29N3O2S.HI/c1-3-22-20(24-15-21(2,25)18-10-11-27-14-18)23-12-17-6-4-5-7-19(17)26-13-16-8-9-16;/h4-7,10-11,14,16,25H,3,8-9,12-13,15H2,1-2H3,(H2,22,23,24);1H. The molecule has 5 nitrogen and oxygen atoms in total. The average molecular weight is 515 g/mol. The van der Waals surface area contributed by atoms with Crippen LogP contribution in [0.4, 0.5) is 0 Å². The van der Waals surface area contributed by atoms with Crippen LogP contribution in [0.5, 0.6) is 5.75 Å². The van der Waals surface area contributed by atoms with E-state index in [1.165, 1.54) is 12.8 Å². The summed E-state index contributed by atoms with van der Waals surface area (Å²) in [6.07, 6.45) is 2.55. The van der Waals surface area contributed by atoms with Crippen LogP contribution in [0, 0.1) is 5.92 Å². The molecular weight excluding hydrogens is 485 g/mol. The van der Waals surface area contributed by atoms with Gasteiger partial charge in [0.15, 0.2) is 5.96 Å². The fraction of sp³-hybridized carbons (Fsp3) is 0.476. The van der Waals surface area contributed by atoms with Gasteiger partial charge in [-0.2, -0.15) is 11.3 Å². The minimum absolute atomic E-state index is 0. The third-order valence-electron chi connectivity index (χ3n) is 4.64. The number of aliphatic imine (C=N–C) groups is 1. The molecule has 1 unspecified atom stereocenters. The average Bonchev–Trinajstić information content (AvgIpc) is 3.32. The Morgan fingerprint density at radius 1 is 1.29 bits per heavy atom. The molecule has 1 fully saturated rings. The molecule has 0 radical (unpaired) electrons. The second-order valence-electron chi connectivity index (χ2n) is 7.20. The third kappa shape index (κ3) is 6.93. The molecule has 2 aromatic rings. The zero-order valence-electron chi connectivity index (χ0n) is 16.5. The molecule has 1 heterocycles. The fourth-order valence-electron chi connectivity index (χ4n) is 2.70. The van der Waals surface area contributed by atoms with Gasteiger partial charge in [0.2, 0.25) is 0 Å². The minimum atomic E-state index is -0.943. The van der Waals surface area contributed by atoms with Crippen LogP contribution < -0.4 is 15.4 Å². The summed E-state index contributed by atoms with van der Waals surface area (Å²) < 4.78 is 5.97. The van der Waals surface area contributed by atoms with Crippen LogP contribution in [0.15, 0.2) is 46.1 Å². The van der Waals surface area contributed by atoms with Gasteiger partial charge in [-0.1, -0.05) is 18.2 Å². The molecule has 0 bridgehead atoms. The van der Waals surface area contributed by atoms with Crippen LogP contribution in [0.2, 0.25) is 0 Å². The van der Waals surface area contributed by atoms with Gasteiger partial charge in [-0.15, -0.1) is 24.0 Å². The molecule has 0 amide bonds. The van der Waals surface area contributed by atoms with E-state index in [9.17, 15) is 5.11 Å². The van der Waals surface area contributed by atoms with Gasteiger partial charge in [-0.25, -0.2) is 4.99 Å². The van der Waals surface area contributed by atoms with Crippen LogP contribution in [-0.2, 0) is 12.1 Å². The summed E-state index contributed by atoms with van der Waals surface area (Å²) in [6.45, 7) is 6.30. The maximum Gasteiger partial charge on any atom is 0.191 e. The Bertz CT molecular complexity index is 746. The van der Waals surface area contributed by atoms with Crippen molar-refractivity contribution >= 4 is 41.3 Å². The van der Waals surface area contributed by atoms with Crippen molar-refractivity contribution < 1.29 is 9.84 Å². The summed E-state index contributed by atoms with van der Waals surface area (Å²) in [5, 5.41) is 21.1. The summed E-state index contributed by atoms with van der Waals surface area (Å²) in [7, 11) is 0. The number of thiophene rings is 1. The van der Waals surface area contributed by atoms with Crippen molar-refractivity contribution in [1.29, 1.82) is 0 Å². The first-order valence-corrected chi connectivity index (χ1v) is 10.5. The number of nitrogens with zero attached hydrogens (tertiary/aromatic N) is 1. The summed E-state index contributed by atoms with van der Waals surface area (Å²) in [5.41, 5.74) is 1.04. The minimum Gasteiger partial charge on any atom is -0.493 e. The Balaban J connectivity index is 0.00000280. The van der Waals surface area contributed by atoms with E-state index in [0.717, 1.165) is 35.9 Å². The Morgan fingerprint density at radius 2 is 2.07 bits per heavy atom. The number of rotatable bonds is 9. The molecule has 1 aromatic heterocycles. The van der Waals surface area contributed by atoms with E-state index < -0.39 is 5.60 Å². The first kappa shape index (κ1) is 23.0. The zero-order chi connectivity index (χ0) is 19.1. The molecule has 1 atom stereocenters. The molecule has 1 saturated carbocycles. The van der Waals surface area contributed by atoms with Crippen molar-refractivity contribution in [3.63, 3.8) is 0 Å². The summed E-state index contributed by atoms with van der Waals surface area (Å²) >= 11 is 1.58. The summed E-state index contributed by atoms with van der Waals surface area (Å²) in [5.74, 6) is 2.32. The quantitative estimate of drug-likeness (QED) is 0.267. The van der Waals surface area contributed by atoms with Crippen molar-refractivity contribution in [3.05, 3.63) is 52.2 Å². The molecule has 1 aromatic carbocycles. The van der Waals surface area contributed by atoms with E-state index >= 15 is 0 Å². The van der Waals surface area contributed by atoms with Crippen LogP contribution in [-0.4, -0.2) is 30.8 Å². The Kier molecular flexibility index (Phi) is 9.04. The molecular formula is C21H30IN3O2S. The number of guanidine groups is 1. The number of halogens is 1. The predicted octanol–water partition coefficient (Wildman–Crippen LogP) is 4.12. The van der Waals surface area contributed by atoms with Crippen molar-refractivity contribution in [2.24, 2.45) is 10.9 Å². The highest BCUT2D eigenvalue weighted by Crippen LogP contribution is 2.30. The monoisotopic (exact) mass is 515 g/mol. The van der Waals surface area contributed by atoms with E-state index in [2.05, 4.69) is 21.7 Å². The number of nitrogens with one attached hydrogen (secondary N) is 2. The van der Waals surface area contributed by atoms with Gasteiger partial charge in [0.05, 0.1) is 19.7 Å². The third-order valence-corrected chi connectivity index (χ3v) is 5.32. The lowest BCUT2D eigenvalue weighted by molar-refractivity contribution is 0.0621. The molecule has 154 valence electrons. The summed E-state index contributed by atoms with van der Waals surface area (Å²) in [6, 6.07) is 10.0. The lowest BCUT2D eigenvalue weighted by atomic mass is 9.99. The number of aliphatic hydroxyl groups is 1. The number of hydrogen-bond donors (Lipinski definition) is 3. The lowest BCUT2D eigenvalue weighted by Crippen LogP contribution is -2.44. The van der Waals surface area contributed by atoms with E-state index in [1.807, 2.05) is 48.9 Å². The molecule has 0 saturated heterocycles. The maximum absolute atomic E-state index is 10.7. The molecule has 0 aliphatic heterocycles. The highest BCUT2D eigenvalue weighted by Gasteiger charge is 2.24. The lowest BCUT2D eigenvalue weighted by Gasteiger charge is -2.24. The highest BCUT2D eigenvalue weighted by molar-refractivity contribution is 14.0. The van der Waals surface area contributed by atoms with Crippen molar-refractivity contribution in [3.8, 4) is 5.75 Å². The molecule has 1 aliphatic carbocycles. The van der Waals surface area contributed by atoms with Crippen molar-refractivity contribution in [1.82, 2.24) is 10.6 Å². The van der Waals surface area contributed by atoms with Crippen LogP contribution in [0.25, 0.3) is 0 Å². The van der Waals surface area contributed by atoms with Gasteiger partial charge in [-0.05, 0) is 61.1 Å². The van der Waals surface area contributed by atoms with Gasteiger partial charge in [-0.3, -0.25) is 0 Å². The number of ether oxygens (including phenoxy) is 1. The van der Waals surface area contributed by atoms with Gasteiger partial charge in [0.1, 0.15) is 11.4 Å². The van der Waals surface area contributed by atoms with Gasteiger partial charge in [0, 0.05) is 12.1 Å². The van der Waals surface area contributed by atoms with E-state index in [-0.39, 0.29) is 24.0 Å².